The smallest absolute Gasteiger partial charge is 0.289 e. The lowest BCUT2D eigenvalue weighted by Gasteiger charge is -2.13. The summed E-state index contributed by atoms with van der Waals surface area (Å²) in [4.78, 5) is 12.3. The SMILES string of the molecule is Cc1ccc(C(=O)c2ccccc2C(F)(F)F)c(C)c1. The molecule has 0 aliphatic rings. The van der Waals surface area contributed by atoms with Crippen LogP contribution < -0.4 is 0 Å². The summed E-state index contributed by atoms with van der Waals surface area (Å²) in [5.74, 6) is -0.601. The van der Waals surface area contributed by atoms with Gasteiger partial charge in [0.15, 0.2) is 5.78 Å². The topological polar surface area (TPSA) is 17.1 Å². The van der Waals surface area contributed by atoms with Gasteiger partial charge in [-0.2, -0.15) is 13.2 Å². The maximum atomic E-state index is 12.9. The van der Waals surface area contributed by atoms with Gasteiger partial charge in [-0.1, -0.05) is 42.0 Å². The molecule has 0 saturated heterocycles. The second-order valence-electron chi connectivity index (χ2n) is 4.69. The van der Waals surface area contributed by atoms with Crippen LogP contribution in [0.25, 0.3) is 0 Å². The Morgan fingerprint density at radius 2 is 1.60 bits per heavy atom. The third kappa shape index (κ3) is 2.74. The fourth-order valence-corrected chi connectivity index (χ4v) is 2.14. The molecule has 0 aliphatic heterocycles. The normalized spacial score (nSPS) is 11.4. The highest BCUT2D eigenvalue weighted by molar-refractivity contribution is 6.10. The average molecular weight is 278 g/mol. The summed E-state index contributed by atoms with van der Waals surface area (Å²) in [6, 6.07) is 9.93. The first-order valence-corrected chi connectivity index (χ1v) is 6.09. The van der Waals surface area contributed by atoms with E-state index in [4.69, 9.17) is 0 Å². The zero-order valence-electron chi connectivity index (χ0n) is 11.1. The number of benzene rings is 2. The first kappa shape index (κ1) is 14.3. The van der Waals surface area contributed by atoms with E-state index in [2.05, 4.69) is 0 Å². The van der Waals surface area contributed by atoms with Gasteiger partial charge in [-0.05, 0) is 25.5 Å². The highest BCUT2D eigenvalue weighted by atomic mass is 19.4. The fraction of sp³-hybridized carbons (Fsp3) is 0.188. The van der Waals surface area contributed by atoms with Gasteiger partial charge in [0.1, 0.15) is 0 Å². The van der Waals surface area contributed by atoms with Gasteiger partial charge < -0.3 is 0 Å². The molecule has 2 aromatic carbocycles. The van der Waals surface area contributed by atoms with Gasteiger partial charge in [-0.3, -0.25) is 4.79 Å². The van der Waals surface area contributed by atoms with Crippen molar-refractivity contribution in [3.8, 4) is 0 Å². The minimum Gasteiger partial charge on any atom is -0.289 e. The van der Waals surface area contributed by atoms with E-state index in [1.54, 1.807) is 25.1 Å². The number of hydrogen-bond acceptors (Lipinski definition) is 1. The Kier molecular flexibility index (Phi) is 3.66. The van der Waals surface area contributed by atoms with Crippen LogP contribution in [0.5, 0.6) is 0 Å². The third-order valence-electron chi connectivity index (χ3n) is 3.10. The number of carbonyl (C=O) groups is 1. The van der Waals surface area contributed by atoms with E-state index in [1.807, 2.05) is 6.92 Å². The lowest BCUT2D eigenvalue weighted by Crippen LogP contribution is -2.14. The second kappa shape index (κ2) is 5.12. The van der Waals surface area contributed by atoms with Crippen LogP contribution in [0.3, 0.4) is 0 Å². The minimum atomic E-state index is -4.54. The molecule has 0 bridgehead atoms. The predicted molar refractivity (Wildman–Crippen MR) is 70.8 cm³/mol. The van der Waals surface area contributed by atoms with Gasteiger partial charge >= 0.3 is 6.18 Å². The lowest BCUT2D eigenvalue weighted by molar-refractivity contribution is -0.137. The standard InChI is InChI=1S/C16H13F3O/c1-10-7-8-12(11(2)9-10)15(20)13-5-3-4-6-14(13)16(17,18)19/h3-9H,1-2H3. The van der Waals surface area contributed by atoms with Crippen molar-refractivity contribution >= 4 is 5.78 Å². The Morgan fingerprint density at radius 1 is 0.950 bits per heavy atom. The number of ketones is 1. The molecule has 0 heterocycles. The molecule has 1 nitrogen and oxygen atoms in total. The number of alkyl halides is 3. The van der Waals surface area contributed by atoms with Crippen molar-refractivity contribution in [2.24, 2.45) is 0 Å². The molecule has 0 N–H and O–H groups in total. The van der Waals surface area contributed by atoms with Crippen LogP contribution in [0.1, 0.15) is 32.6 Å². The molecule has 0 spiro atoms. The van der Waals surface area contributed by atoms with Crippen molar-refractivity contribution in [1.82, 2.24) is 0 Å². The van der Waals surface area contributed by atoms with E-state index in [0.29, 0.717) is 11.1 Å². The number of carbonyl (C=O) groups excluding carboxylic acids is 1. The third-order valence-corrected chi connectivity index (χ3v) is 3.10. The molecule has 4 heteroatoms. The molecule has 0 aromatic heterocycles. The van der Waals surface area contributed by atoms with E-state index >= 15 is 0 Å². The van der Waals surface area contributed by atoms with Gasteiger partial charge in [0.25, 0.3) is 0 Å². The van der Waals surface area contributed by atoms with Crippen LogP contribution in [0.4, 0.5) is 13.2 Å². The average Bonchev–Trinajstić information content (AvgIpc) is 2.37. The monoisotopic (exact) mass is 278 g/mol. The van der Waals surface area contributed by atoms with Gasteiger partial charge in [0, 0.05) is 11.1 Å². The van der Waals surface area contributed by atoms with Crippen LogP contribution in [-0.2, 0) is 6.18 Å². The zero-order chi connectivity index (χ0) is 14.9. The summed E-state index contributed by atoms with van der Waals surface area (Å²) < 4.78 is 38.8. The number of rotatable bonds is 2. The van der Waals surface area contributed by atoms with Crippen molar-refractivity contribution in [3.05, 3.63) is 70.3 Å². The summed E-state index contributed by atoms with van der Waals surface area (Å²) in [5.41, 5.74) is 0.722. The molecule has 20 heavy (non-hydrogen) atoms. The van der Waals surface area contributed by atoms with Gasteiger partial charge in [0.05, 0.1) is 5.56 Å². The molecule has 0 aliphatic carbocycles. The van der Waals surface area contributed by atoms with E-state index in [0.717, 1.165) is 11.6 Å². The largest absolute Gasteiger partial charge is 0.417 e. The number of aryl methyl sites for hydroxylation is 2. The summed E-state index contributed by atoms with van der Waals surface area (Å²) >= 11 is 0. The molecular formula is C16H13F3O. The summed E-state index contributed by atoms with van der Waals surface area (Å²) in [7, 11) is 0. The molecular weight excluding hydrogens is 265 g/mol. The second-order valence-corrected chi connectivity index (χ2v) is 4.69. The van der Waals surface area contributed by atoms with E-state index in [9.17, 15) is 18.0 Å². The van der Waals surface area contributed by atoms with Crippen LogP contribution in [0, 0.1) is 13.8 Å². The Hall–Kier alpha value is -2.10. The Morgan fingerprint density at radius 3 is 2.20 bits per heavy atom. The number of halogens is 3. The Balaban J connectivity index is 2.55. The van der Waals surface area contributed by atoms with E-state index in [1.165, 1.54) is 18.2 Å². The summed E-state index contributed by atoms with van der Waals surface area (Å²) in [5, 5.41) is 0. The van der Waals surface area contributed by atoms with E-state index < -0.39 is 17.5 Å². The van der Waals surface area contributed by atoms with Crippen molar-refractivity contribution in [2.45, 2.75) is 20.0 Å². The van der Waals surface area contributed by atoms with Crippen molar-refractivity contribution in [3.63, 3.8) is 0 Å². The van der Waals surface area contributed by atoms with E-state index in [-0.39, 0.29) is 5.56 Å². The van der Waals surface area contributed by atoms with Crippen molar-refractivity contribution in [1.29, 1.82) is 0 Å². The quantitative estimate of drug-likeness (QED) is 0.736. The molecule has 0 atom stereocenters. The first-order valence-electron chi connectivity index (χ1n) is 6.09. The van der Waals surface area contributed by atoms with Gasteiger partial charge in [0.2, 0.25) is 0 Å². The van der Waals surface area contributed by atoms with Crippen LogP contribution in [0.15, 0.2) is 42.5 Å². The van der Waals surface area contributed by atoms with Crippen LogP contribution >= 0.6 is 0 Å². The number of hydrogen-bond donors (Lipinski definition) is 0. The molecule has 0 radical (unpaired) electrons. The zero-order valence-corrected chi connectivity index (χ0v) is 11.1. The molecule has 2 aromatic rings. The van der Waals surface area contributed by atoms with Crippen molar-refractivity contribution < 1.29 is 18.0 Å². The summed E-state index contributed by atoms with van der Waals surface area (Å²) in [6.45, 7) is 3.58. The van der Waals surface area contributed by atoms with Crippen LogP contribution in [-0.4, -0.2) is 5.78 Å². The fourth-order valence-electron chi connectivity index (χ4n) is 2.14. The first-order chi connectivity index (χ1) is 9.30. The molecule has 0 unspecified atom stereocenters. The molecule has 0 saturated carbocycles. The lowest BCUT2D eigenvalue weighted by atomic mass is 9.94. The maximum Gasteiger partial charge on any atom is 0.417 e. The summed E-state index contributed by atoms with van der Waals surface area (Å²) in [6.07, 6.45) is -4.54. The molecule has 0 fully saturated rings. The Bertz CT molecular complexity index is 657. The Labute approximate surface area is 115 Å². The highest BCUT2D eigenvalue weighted by Gasteiger charge is 2.35. The minimum absolute atomic E-state index is 0.298. The van der Waals surface area contributed by atoms with Crippen molar-refractivity contribution in [2.75, 3.05) is 0 Å². The van der Waals surface area contributed by atoms with Crippen LogP contribution in [0.2, 0.25) is 0 Å². The predicted octanol–water partition coefficient (Wildman–Crippen LogP) is 4.55. The molecule has 104 valence electrons. The molecule has 0 amide bonds. The maximum absolute atomic E-state index is 12.9. The van der Waals surface area contributed by atoms with Gasteiger partial charge in [-0.15, -0.1) is 0 Å². The molecule has 2 rings (SSSR count). The van der Waals surface area contributed by atoms with Gasteiger partial charge in [-0.25, -0.2) is 0 Å². The highest BCUT2D eigenvalue weighted by Crippen LogP contribution is 2.33.